The molecule has 0 aliphatic carbocycles. The smallest absolute Gasteiger partial charge is 0.272 e. The molecule has 1 aliphatic heterocycles. The number of anilines is 1. The van der Waals surface area contributed by atoms with Gasteiger partial charge < -0.3 is 15.2 Å². The van der Waals surface area contributed by atoms with Gasteiger partial charge in [0.25, 0.3) is 18.2 Å². The van der Waals surface area contributed by atoms with Crippen LogP contribution in [0.25, 0.3) is 0 Å². The van der Waals surface area contributed by atoms with Gasteiger partial charge >= 0.3 is 0 Å². The number of aromatic nitrogens is 1. The number of rotatable bonds is 3. The molecule has 2 heterocycles. The van der Waals surface area contributed by atoms with E-state index < -0.39 is 12.3 Å². The molecule has 144 valence electrons. The predicted molar refractivity (Wildman–Crippen MR) is 99.4 cm³/mol. The van der Waals surface area contributed by atoms with Gasteiger partial charge in [-0.25, -0.2) is 8.78 Å². The Kier molecular flexibility index (Phi) is 4.80. The molecule has 0 spiro atoms. The molecule has 0 radical (unpaired) electrons. The number of amides is 2. The molecule has 0 fully saturated rings. The Hall–Kier alpha value is -2.70. The molecule has 27 heavy (non-hydrogen) atoms. The number of nitrogens with one attached hydrogen (secondary N) is 2. The maximum atomic E-state index is 12.9. The van der Waals surface area contributed by atoms with Crippen molar-refractivity contribution in [2.24, 2.45) is 7.05 Å². The minimum Gasteiger partial charge on any atom is -0.347 e. The van der Waals surface area contributed by atoms with Gasteiger partial charge in [0, 0.05) is 29.5 Å². The van der Waals surface area contributed by atoms with Crippen LogP contribution in [0.4, 0.5) is 14.5 Å². The lowest BCUT2D eigenvalue weighted by molar-refractivity contribution is 0.0914. The quantitative estimate of drug-likeness (QED) is 0.852. The largest absolute Gasteiger partial charge is 0.347 e. The zero-order chi connectivity index (χ0) is 19.9. The molecule has 2 aromatic rings. The summed E-state index contributed by atoms with van der Waals surface area (Å²) < 4.78 is 27.5. The van der Waals surface area contributed by atoms with Crippen molar-refractivity contribution in [2.45, 2.75) is 45.6 Å². The number of alkyl halides is 2. The second-order valence-corrected chi connectivity index (χ2v) is 7.56. The van der Waals surface area contributed by atoms with Gasteiger partial charge in [0.05, 0.1) is 5.56 Å². The summed E-state index contributed by atoms with van der Waals surface area (Å²) in [7, 11) is 1.73. The Morgan fingerprint density at radius 3 is 2.70 bits per heavy atom. The lowest BCUT2D eigenvalue weighted by Gasteiger charge is -2.23. The third kappa shape index (κ3) is 3.59. The van der Waals surface area contributed by atoms with Crippen LogP contribution in [0.1, 0.15) is 64.4 Å². The Labute approximate surface area is 156 Å². The number of carbonyl (C=O) groups excluding carboxylic acids is 2. The van der Waals surface area contributed by atoms with E-state index in [4.69, 9.17) is 0 Å². The molecule has 1 aromatic heterocycles. The lowest BCUT2D eigenvalue weighted by Crippen LogP contribution is -2.42. The first kappa shape index (κ1) is 19.1. The summed E-state index contributed by atoms with van der Waals surface area (Å²) in [6.07, 6.45) is -1.35. The zero-order valence-corrected chi connectivity index (χ0v) is 15.8. The van der Waals surface area contributed by atoms with Crippen molar-refractivity contribution >= 4 is 17.5 Å². The Balaban J connectivity index is 1.98. The van der Waals surface area contributed by atoms with Crippen molar-refractivity contribution in [3.05, 3.63) is 52.3 Å². The summed E-state index contributed by atoms with van der Waals surface area (Å²) in [6, 6.07) is 5.61. The summed E-state index contributed by atoms with van der Waals surface area (Å²) in [5.41, 5.74) is 2.08. The van der Waals surface area contributed by atoms with Gasteiger partial charge in [-0.2, -0.15) is 0 Å². The minimum absolute atomic E-state index is 0.157. The van der Waals surface area contributed by atoms with Crippen molar-refractivity contribution in [2.75, 3.05) is 5.32 Å². The second-order valence-electron chi connectivity index (χ2n) is 7.56. The summed E-state index contributed by atoms with van der Waals surface area (Å²) in [6.45, 7) is 5.69. The number of hydrogen-bond acceptors (Lipinski definition) is 2. The van der Waals surface area contributed by atoms with E-state index in [1.54, 1.807) is 24.6 Å². The fourth-order valence-electron chi connectivity index (χ4n) is 3.52. The molecular weight excluding hydrogens is 352 g/mol. The van der Waals surface area contributed by atoms with Crippen LogP contribution >= 0.6 is 0 Å². The number of carbonyl (C=O) groups is 2. The van der Waals surface area contributed by atoms with Gasteiger partial charge in [-0.1, -0.05) is 12.1 Å². The van der Waals surface area contributed by atoms with Crippen molar-refractivity contribution < 1.29 is 18.4 Å². The van der Waals surface area contributed by atoms with Gasteiger partial charge in [-0.3, -0.25) is 9.59 Å². The van der Waals surface area contributed by atoms with E-state index in [1.807, 2.05) is 13.8 Å². The number of fused-ring (bicyclic) bond motifs is 1. The predicted octanol–water partition coefficient (Wildman–Crippen LogP) is 3.98. The highest BCUT2D eigenvalue weighted by molar-refractivity contribution is 6.08. The molecule has 1 aliphatic rings. The van der Waals surface area contributed by atoms with E-state index in [1.165, 1.54) is 18.2 Å². The van der Waals surface area contributed by atoms with Crippen molar-refractivity contribution in [3.63, 3.8) is 0 Å². The summed E-state index contributed by atoms with van der Waals surface area (Å²) >= 11 is 0. The van der Waals surface area contributed by atoms with Crippen LogP contribution in [-0.4, -0.2) is 21.9 Å². The lowest BCUT2D eigenvalue weighted by atomic mass is 9.96. The maximum Gasteiger partial charge on any atom is 0.272 e. The van der Waals surface area contributed by atoms with Crippen LogP contribution in [-0.2, 0) is 13.5 Å². The van der Waals surface area contributed by atoms with E-state index >= 15 is 0 Å². The highest BCUT2D eigenvalue weighted by Crippen LogP contribution is 2.30. The second kappa shape index (κ2) is 6.79. The topological polar surface area (TPSA) is 63.1 Å². The maximum absolute atomic E-state index is 12.9. The molecule has 2 amide bonds. The zero-order valence-electron chi connectivity index (χ0n) is 15.8. The first-order valence-electron chi connectivity index (χ1n) is 8.81. The monoisotopic (exact) mass is 375 g/mol. The van der Waals surface area contributed by atoms with Crippen LogP contribution in [0.2, 0.25) is 0 Å². The molecule has 0 atom stereocenters. The standard InChI is InChI=1S/C20H23F2N3O2/c1-11-15-14(8-9-20(2,3)24-18(15)26)16(25(11)4)19(27)23-13-7-5-6-12(10-13)17(21)22/h5-7,10,17H,8-9H2,1-4H3,(H,23,27)(H,24,26). The first-order chi connectivity index (χ1) is 12.6. The van der Waals surface area contributed by atoms with Gasteiger partial charge in [0.15, 0.2) is 0 Å². The molecule has 5 nitrogen and oxygen atoms in total. The van der Waals surface area contributed by atoms with Gasteiger partial charge in [0.2, 0.25) is 0 Å². The summed E-state index contributed by atoms with van der Waals surface area (Å²) in [4.78, 5) is 25.6. The fourth-order valence-corrected chi connectivity index (χ4v) is 3.52. The van der Waals surface area contributed by atoms with E-state index in [9.17, 15) is 18.4 Å². The van der Waals surface area contributed by atoms with Gasteiger partial charge in [0.1, 0.15) is 5.69 Å². The number of benzene rings is 1. The SMILES string of the molecule is Cc1c2c(c(C(=O)Nc3cccc(C(F)F)c3)n1C)CCC(C)(C)NC2=O. The highest BCUT2D eigenvalue weighted by Gasteiger charge is 2.34. The van der Waals surface area contributed by atoms with E-state index in [2.05, 4.69) is 10.6 Å². The molecule has 2 N–H and O–H groups in total. The van der Waals surface area contributed by atoms with Crippen molar-refractivity contribution in [1.29, 1.82) is 0 Å². The van der Waals surface area contributed by atoms with Crippen LogP contribution in [0.3, 0.4) is 0 Å². The van der Waals surface area contributed by atoms with E-state index in [0.29, 0.717) is 41.0 Å². The van der Waals surface area contributed by atoms with E-state index in [0.717, 1.165) is 0 Å². The Morgan fingerprint density at radius 1 is 1.33 bits per heavy atom. The van der Waals surface area contributed by atoms with Crippen LogP contribution in [0, 0.1) is 6.92 Å². The number of nitrogens with zero attached hydrogens (tertiary/aromatic N) is 1. The summed E-state index contributed by atoms with van der Waals surface area (Å²) in [5.74, 6) is -0.611. The minimum atomic E-state index is -2.61. The molecule has 0 unspecified atom stereocenters. The summed E-state index contributed by atoms with van der Waals surface area (Å²) in [5, 5.41) is 5.69. The number of hydrogen-bond donors (Lipinski definition) is 2. The van der Waals surface area contributed by atoms with Gasteiger partial charge in [-0.05, 0) is 51.3 Å². The third-order valence-corrected chi connectivity index (χ3v) is 5.08. The third-order valence-electron chi connectivity index (χ3n) is 5.08. The molecule has 7 heteroatoms. The highest BCUT2D eigenvalue weighted by atomic mass is 19.3. The molecule has 0 saturated heterocycles. The molecular formula is C20H23F2N3O2. The molecule has 0 saturated carbocycles. The van der Waals surface area contributed by atoms with Gasteiger partial charge in [-0.15, -0.1) is 0 Å². The Morgan fingerprint density at radius 2 is 2.04 bits per heavy atom. The molecule has 3 rings (SSSR count). The van der Waals surface area contributed by atoms with Crippen molar-refractivity contribution in [3.8, 4) is 0 Å². The first-order valence-corrected chi connectivity index (χ1v) is 8.81. The van der Waals surface area contributed by atoms with E-state index in [-0.39, 0.29) is 17.0 Å². The van der Waals surface area contributed by atoms with Crippen LogP contribution < -0.4 is 10.6 Å². The van der Waals surface area contributed by atoms with Crippen molar-refractivity contribution in [1.82, 2.24) is 9.88 Å². The molecule has 1 aromatic carbocycles. The average Bonchev–Trinajstić information content (AvgIpc) is 2.76. The van der Waals surface area contributed by atoms with Crippen LogP contribution in [0.15, 0.2) is 24.3 Å². The Bertz CT molecular complexity index is 916. The normalized spacial score (nSPS) is 15.9. The van der Waals surface area contributed by atoms with Crippen LogP contribution in [0.5, 0.6) is 0 Å². The number of halogens is 2. The molecule has 0 bridgehead atoms. The fraction of sp³-hybridized carbons (Fsp3) is 0.400. The average molecular weight is 375 g/mol.